The smallest absolute Gasteiger partial charge is 0.270 e. The van der Waals surface area contributed by atoms with E-state index >= 15 is 0 Å². The number of hydrogen-bond acceptors (Lipinski definition) is 4. The molecular formula is C15H17N3OS. The Morgan fingerprint density at radius 3 is 2.90 bits per heavy atom. The number of nitrogen functional groups attached to an aromatic ring is 1. The fraction of sp³-hybridized carbons (Fsp3) is 0.333. The maximum atomic E-state index is 12.8. The summed E-state index contributed by atoms with van der Waals surface area (Å²) in [6.45, 7) is 4.75. The van der Waals surface area contributed by atoms with Crippen molar-refractivity contribution in [2.24, 2.45) is 5.92 Å². The quantitative estimate of drug-likeness (QED) is 0.877. The van der Waals surface area contributed by atoms with Gasteiger partial charge in [0.15, 0.2) is 5.13 Å². The molecule has 20 heavy (non-hydrogen) atoms. The second-order valence-electron chi connectivity index (χ2n) is 5.32. The lowest BCUT2D eigenvalue weighted by molar-refractivity contribution is 0.0984. The summed E-state index contributed by atoms with van der Waals surface area (Å²) >= 11 is 1.27. The first-order valence-corrected chi connectivity index (χ1v) is 7.50. The third kappa shape index (κ3) is 2.18. The van der Waals surface area contributed by atoms with Gasteiger partial charge in [0.2, 0.25) is 0 Å². The van der Waals surface area contributed by atoms with Gasteiger partial charge in [-0.05, 0) is 30.9 Å². The molecule has 1 unspecified atom stereocenters. The lowest BCUT2D eigenvalue weighted by atomic mass is 9.94. The fourth-order valence-electron chi connectivity index (χ4n) is 2.73. The van der Waals surface area contributed by atoms with Gasteiger partial charge in [-0.25, -0.2) is 4.98 Å². The molecule has 104 valence electrons. The molecule has 0 aliphatic carbocycles. The summed E-state index contributed by atoms with van der Waals surface area (Å²) in [6, 6.07) is 8.11. The molecule has 1 aromatic heterocycles. The summed E-state index contributed by atoms with van der Waals surface area (Å²) in [5.74, 6) is 0.468. The highest BCUT2D eigenvalue weighted by Gasteiger charge is 2.29. The zero-order chi connectivity index (χ0) is 14.3. The van der Waals surface area contributed by atoms with E-state index in [2.05, 4.69) is 18.0 Å². The van der Waals surface area contributed by atoms with Crippen LogP contribution < -0.4 is 10.6 Å². The Hall–Kier alpha value is -1.88. The molecule has 2 aromatic rings. The number of carbonyl (C=O) groups excluding carboxylic acids is 1. The van der Waals surface area contributed by atoms with E-state index in [-0.39, 0.29) is 5.91 Å². The van der Waals surface area contributed by atoms with E-state index in [1.54, 1.807) is 0 Å². The predicted octanol–water partition coefficient (Wildman–Crippen LogP) is 2.87. The number of hydrogen-bond donors (Lipinski definition) is 1. The highest BCUT2D eigenvalue weighted by Crippen LogP contribution is 2.32. The van der Waals surface area contributed by atoms with Crippen molar-refractivity contribution in [3.63, 3.8) is 0 Å². The van der Waals surface area contributed by atoms with Crippen LogP contribution in [0.3, 0.4) is 0 Å². The van der Waals surface area contributed by atoms with Gasteiger partial charge >= 0.3 is 0 Å². The molecule has 1 atom stereocenters. The van der Waals surface area contributed by atoms with Crippen molar-refractivity contribution >= 4 is 28.1 Å². The molecular weight excluding hydrogens is 270 g/mol. The van der Waals surface area contributed by atoms with Gasteiger partial charge in [0.05, 0.1) is 5.69 Å². The van der Waals surface area contributed by atoms with Crippen LogP contribution in [0.1, 0.15) is 27.9 Å². The molecule has 0 saturated heterocycles. The van der Waals surface area contributed by atoms with Crippen LogP contribution in [0, 0.1) is 12.8 Å². The van der Waals surface area contributed by atoms with E-state index in [0.717, 1.165) is 18.7 Å². The van der Waals surface area contributed by atoms with Gasteiger partial charge in [0.1, 0.15) is 4.88 Å². The predicted molar refractivity (Wildman–Crippen MR) is 82.2 cm³/mol. The van der Waals surface area contributed by atoms with Crippen molar-refractivity contribution < 1.29 is 4.79 Å². The zero-order valence-electron chi connectivity index (χ0n) is 11.6. The summed E-state index contributed by atoms with van der Waals surface area (Å²) in [6.07, 6.45) is 1.02. The fourth-order valence-corrected chi connectivity index (χ4v) is 3.51. The molecule has 0 saturated carbocycles. The van der Waals surface area contributed by atoms with Crippen molar-refractivity contribution in [3.05, 3.63) is 40.4 Å². The molecule has 2 heterocycles. The first-order chi connectivity index (χ1) is 9.56. The Bertz CT molecular complexity index is 665. The molecule has 0 bridgehead atoms. The zero-order valence-corrected chi connectivity index (χ0v) is 12.4. The Kier molecular flexibility index (Phi) is 3.22. The van der Waals surface area contributed by atoms with E-state index in [1.165, 1.54) is 16.9 Å². The summed E-state index contributed by atoms with van der Waals surface area (Å²) < 4.78 is 0. The van der Waals surface area contributed by atoms with Gasteiger partial charge in [-0.1, -0.05) is 36.5 Å². The monoisotopic (exact) mass is 287 g/mol. The van der Waals surface area contributed by atoms with Gasteiger partial charge in [-0.15, -0.1) is 0 Å². The van der Waals surface area contributed by atoms with Crippen LogP contribution in [0.25, 0.3) is 0 Å². The number of carbonyl (C=O) groups is 1. The SMILES string of the molecule is Cc1nc(N)sc1C(=O)N1CC(C)Cc2ccccc21. The average molecular weight is 287 g/mol. The molecule has 0 spiro atoms. The number of amides is 1. The molecule has 0 radical (unpaired) electrons. The number of thiazole rings is 1. The number of para-hydroxylation sites is 1. The van der Waals surface area contributed by atoms with Gasteiger partial charge in [-0.3, -0.25) is 4.79 Å². The van der Waals surface area contributed by atoms with Crippen molar-refractivity contribution in [3.8, 4) is 0 Å². The maximum absolute atomic E-state index is 12.8. The minimum atomic E-state index is 0.00991. The number of fused-ring (bicyclic) bond motifs is 1. The van der Waals surface area contributed by atoms with Gasteiger partial charge in [0.25, 0.3) is 5.91 Å². The van der Waals surface area contributed by atoms with Crippen LogP contribution in [0.5, 0.6) is 0 Å². The lowest BCUT2D eigenvalue weighted by Crippen LogP contribution is -2.39. The van der Waals surface area contributed by atoms with Crippen LogP contribution in [0.2, 0.25) is 0 Å². The highest BCUT2D eigenvalue weighted by molar-refractivity contribution is 7.17. The standard InChI is InChI=1S/C15H17N3OS/c1-9-7-11-5-3-4-6-12(11)18(8-9)14(19)13-10(2)17-15(16)20-13/h3-6,9H,7-8H2,1-2H3,(H2,16,17). The molecule has 1 aromatic carbocycles. The second kappa shape index (κ2) is 4.90. The van der Waals surface area contributed by atoms with E-state index < -0.39 is 0 Å². The highest BCUT2D eigenvalue weighted by atomic mass is 32.1. The minimum absolute atomic E-state index is 0.00991. The average Bonchev–Trinajstić information content (AvgIpc) is 2.76. The molecule has 5 heteroatoms. The first kappa shape index (κ1) is 13.1. The molecule has 1 aliphatic rings. The van der Waals surface area contributed by atoms with E-state index in [4.69, 9.17) is 5.73 Å². The Morgan fingerprint density at radius 2 is 2.20 bits per heavy atom. The number of nitrogens with two attached hydrogens (primary N) is 1. The molecule has 4 nitrogen and oxygen atoms in total. The van der Waals surface area contributed by atoms with Crippen LogP contribution >= 0.6 is 11.3 Å². The van der Waals surface area contributed by atoms with Gasteiger partial charge < -0.3 is 10.6 Å². The van der Waals surface area contributed by atoms with Crippen LogP contribution in [0.15, 0.2) is 24.3 Å². The van der Waals surface area contributed by atoms with Crippen LogP contribution in [-0.4, -0.2) is 17.4 Å². The topological polar surface area (TPSA) is 59.2 Å². The third-order valence-electron chi connectivity index (χ3n) is 3.60. The maximum Gasteiger partial charge on any atom is 0.270 e. The van der Waals surface area contributed by atoms with E-state index in [1.807, 2.05) is 30.0 Å². The Morgan fingerprint density at radius 1 is 1.45 bits per heavy atom. The molecule has 3 rings (SSSR count). The number of anilines is 2. The molecule has 0 fully saturated rings. The van der Waals surface area contributed by atoms with Crippen molar-refractivity contribution in [2.45, 2.75) is 20.3 Å². The summed E-state index contributed by atoms with van der Waals surface area (Å²) in [5.41, 5.74) is 8.67. The molecule has 1 amide bonds. The lowest BCUT2D eigenvalue weighted by Gasteiger charge is -2.33. The number of aromatic nitrogens is 1. The summed E-state index contributed by atoms with van der Waals surface area (Å²) in [4.78, 5) is 19.4. The number of aryl methyl sites for hydroxylation is 1. The Balaban J connectivity index is 2.02. The number of rotatable bonds is 1. The minimum Gasteiger partial charge on any atom is -0.375 e. The summed E-state index contributed by atoms with van der Waals surface area (Å²) in [7, 11) is 0. The van der Waals surface area contributed by atoms with E-state index in [9.17, 15) is 4.79 Å². The van der Waals surface area contributed by atoms with Crippen molar-refractivity contribution in [2.75, 3.05) is 17.2 Å². The third-order valence-corrected chi connectivity index (χ3v) is 4.57. The first-order valence-electron chi connectivity index (χ1n) is 6.69. The van der Waals surface area contributed by atoms with Crippen LogP contribution in [0.4, 0.5) is 10.8 Å². The van der Waals surface area contributed by atoms with Gasteiger partial charge in [0, 0.05) is 12.2 Å². The largest absolute Gasteiger partial charge is 0.375 e. The van der Waals surface area contributed by atoms with Crippen molar-refractivity contribution in [1.29, 1.82) is 0 Å². The van der Waals surface area contributed by atoms with Crippen LogP contribution in [-0.2, 0) is 6.42 Å². The summed E-state index contributed by atoms with van der Waals surface area (Å²) in [5, 5.41) is 0.448. The second-order valence-corrected chi connectivity index (χ2v) is 6.35. The van der Waals surface area contributed by atoms with Crippen molar-refractivity contribution in [1.82, 2.24) is 4.98 Å². The normalized spacial score (nSPS) is 17.9. The van der Waals surface area contributed by atoms with Gasteiger partial charge in [-0.2, -0.15) is 0 Å². The van der Waals surface area contributed by atoms with E-state index in [0.29, 0.717) is 21.6 Å². The number of nitrogens with zero attached hydrogens (tertiary/aromatic N) is 2. The number of benzene rings is 1. The molecule has 1 aliphatic heterocycles. The Labute approximate surface area is 122 Å². The molecule has 2 N–H and O–H groups in total.